The monoisotopic (exact) mass is 458 g/mol. The third-order valence-electron chi connectivity index (χ3n) is 5.20. The molecule has 1 aliphatic rings. The summed E-state index contributed by atoms with van der Waals surface area (Å²) in [6, 6.07) is 11.0. The van der Waals surface area contributed by atoms with Crippen molar-refractivity contribution in [2.24, 2.45) is 5.92 Å². The Kier molecular flexibility index (Phi) is 4.36. The van der Waals surface area contributed by atoms with Gasteiger partial charge in [0.15, 0.2) is 0 Å². The molecule has 0 amide bonds. The van der Waals surface area contributed by atoms with Gasteiger partial charge in [-0.25, -0.2) is 9.78 Å². The van der Waals surface area contributed by atoms with E-state index in [2.05, 4.69) is 4.98 Å². The van der Waals surface area contributed by atoms with Crippen molar-refractivity contribution in [2.45, 2.75) is 4.90 Å². The van der Waals surface area contributed by atoms with Gasteiger partial charge >= 0.3 is 11.6 Å². The number of benzene rings is 2. The van der Waals surface area contributed by atoms with E-state index in [1.165, 1.54) is 18.2 Å². The second-order valence-corrected chi connectivity index (χ2v) is 9.69. The van der Waals surface area contributed by atoms with E-state index in [0.29, 0.717) is 39.3 Å². The first kappa shape index (κ1) is 19.7. The molecule has 2 aromatic heterocycles. The molecule has 2 aromatic carbocycles. The van der Waals surface area contributed by atoms with Crippen LogP contribution in [0, 0.1) is 5.92 Å². The third-order valence-corrected chi connectivity index (χ3v) is 7.10. The van der Waals surface area contributed by atoms with Gasteiger partial charge in [-0.3, -0.25) is 9.35 Å². The molecule has 11 heteroatoms. The molecule has 0 unspecified atom stereocenters. The van der Waals surface area contributed by atoms with Gasteiger partial charge in [0.2, 0.25) is 0 Å². The minimum absolute atomic E-state index is 0.241. The lowest BCUT2D eigenvalue weighted by atomic mass is 9.99. The smallest absolute Gasteiger partial charge is 0.346 e. The Morgan fingerprint density at radius 1 is 1.16 bits per heavy atom. The van der Waals surface area contributed by atoms with Crippen molar-refractivity contribution < 1.29 is 27.3 Å². The molecule has 3 heterocycles. The summed E-state index contributed by atoms with van der Waals surface area (Å²) in [7, 11) is -4.34. The molecule has 158 valence electrons. The highest BCUT2D eigenvalue weighted by molar-refractivity contribution is 7.85. The molecule has 0 aliphatic carbocycles. The first-order valence-electron chi connectivity index (χ1n) is 9.13. The second-order valence-electron chi connectivity index (χ2n) is 7.23. The van der Waals surface area contributed by atoms with Crippen LogP contribution >= 0.6 is 11.3 Å². The molecular weight excluding hydrogens is 444 g/mol. The molecule has 9 nitrogen and oxygen atoms in total. The molecule has 0 spiro atoms. The molecule has 2 N–H and O–H groups in total. The molecule has 0 atom stereocenters. The highest BCUT2D eigenvalue weighted by atomic mass is 32.2. The van der Waals surface area contributed by atoms with Crippen LogP contribution in [0.2, 0.25) is 0 Å². The Balaban J connectivity index is 1.52. The Morgan fingerprint density at radius 2 is 1.94 bits per heavy atom. The number of rotatable bonds is 4. The lowest BCUT2D eigenvalue weighted by Gasteiger charge is -2.38. The average Bonchev–Trinajstić information content (AvgIpc) is 3.08. The standard InChI is InChI=1S/C20H14N2O7S2/c23-19(24)11-8-22(9-11)12-2-1-10-5-14(20(25)29-16(10)6-12)18-21-15-4-3-13(31(26,27)28)7-17(15)30-18/h1-7,11H,8-9H2,(H,23,24)(H,26,27,28). The van der Waals surface area contributed by atoms with Crippen molar-refractivity contribution in [2.75, 3.05) is 18.0 Å². The van der Waals surface area contributed by atoms with E-state index in [0.717, 1.165) is 17.0 Å². The van der Waals surface area contributed by atoms with Gasteiger partial charge in [0.05, 0.1) is 26.6 Å². The first-order chi connectivity index (χ1) is 14.7. The van der Waals surface area contributed by atoms with Gasteiger partial charge in [-0.15, -0.1) is 11.3 Å². The number of hydrogen-bond donors (Lipinski definition) is 2. The van der Waals surface area contributed by atoms with Crippen LogP contribution < -0.4 is 10.5 Å². The van der Waals surface area contributed by atoms with Gasteiger partial charge in [0.1, 0.15) is 10.6 Å². The summed E-state index contributed by atoms with van der Waals surface area (Å²) in [5.41, 5.74) is 1.29. The summed E-state index contributed by atoms with van der Waals surface area (Å²) >= 11 is 1.12. The van der Waals surface area contributed by atoms with Gasteiger partial charge < -0.3 is 14.4 Å². The summed E-state index contributed by atoms with van der Waals surface area (Å²) in [6.45, 7) is 0.806. The van der Waals surface area contributed by atoms with Crippen LogP contribution in [0.15, 0.2) is 56.6 Å². The number of carbonyl (C=O) groups is 1. The molecule has 0 saturated carbocycles. The molecule has 1 saturated heterocycles. The minimum Gasteiger partial charge on any atom is -0.481 e. The maximum atomic E-state index is 12.6. The fraction of sp³-hybridized carbons (Fsp3) is 0.150. The zero-order chi connectivity index (χ0) is 21.9. The number of anilines is 1. The lowest BCUT2D eigenvalue weighted by Crippen LogP contribution is -2.50. The van der Waals surface area contributed by atoms with Crippen LogP contribution in [0.4, 0.5) is 5.69 Å². The van der Waals surface area contributed by atoms with Crippen LogP contribution in [-0.4, -0.2) is 42.1 Å². The summed E-state index contributed by atoms with van der Waals surface area (Å²) in [4.78, 5) is 29.6. The molecule has 5 rings (SSSR count). The number of carboxylic acids is 1. The van der Waals surface area contributed by atoms with Crippen LogP contribution in [0.3, 0.4) is 0 Å². The number of aromatic nitrogens is 1. The van der Waals surface area contributed by atoms with Crippen LogP contribution in [-0.2, 0) is 14.9 Å². The molecule has 1 aliphatic heterocycles. The Hall–Kier alpha value is -3.28. The van der Waals surface area contributed by atoms with E-state index in [9.17, 15) is 22.6 Å². The SMILES string of the molecule is O=C(O)C1CN(c2ccc3cc(-c4nc5ccc(S(=O)(=O)O)cc5s4)c(=O)oc3c2)C1. The quantitative estimate of drug-likeness (QED) is 0.349. The summed E-state index contributed by atoms with van der Waals surface area (Å²) in [5.74, 6) is -1.22. The molecule has 31 heavy (non-hydrogen) atoms. The maximum absolute atomic E-state index is 12.6. The van der Waals surface area contributed by atoms with Crippen molar-refractivity contribution >= 4 is 54.3 Å². The third kappa shape index (κ3) is 3.46. The predicted molar refractivity (Wildman–Crippen MR) is 114 cm³/mol. The fourth-order valence-electron chi connectivity index (χ4n) is 3.47. The van der Waals surface area contributed by atoms with E-state index >= 15 is 0 Å². The topological polar surface area (TPSA) is 138 Å². The first-order valence-corrected chi connectivity index (χ1v) is 11.4. The largest absolute Gasteiger partial charge is 0.481 e. The molecular formula is C20H14N2O7S2. The van der Waals surface area contributed by atoms with E-state index in [-0.39, 0.29) is 10.5 Å². The zero-order valence-corrected chi connectivity index (χ0v) is 17.3. The molecule has 4 aromatic rings. The molecule has 0 bridgehead atoms. The Bertz CT molecular complexity index is 1530. The van der Waals surface area contributed by atoms with Crippen molar-refractivity contribution in [3.63, 3.8) is 0 Å². The van der Waals surface area contributed by atoms with Crippen LogP contribution in [0.25, 0.3) is 31.8 Å². The summed E-state index contributed by atoms with van der Waals surface area (Å²) in [6.07, 6.45) is 0. The van der Waals surface area contributed by atoms with Crippen molar-refractivity contribution in [3.8, 4) is 10.6 Å². The van der Waals surface area contributed by atoms with E-state index < -0.39 is 27.6 Å². The number of thiazole rings is 1. The summed E-state index contributed by atoms with van der Waals surface area (Å²) < 4.78 is 37.9. The van der Waals surface area contributed by atoms with Gasteiger partial charge in [0, 0.05) is 30.2 Å². The fourth-order valence-corrected chi connectivity index (χ4v) is 5.06. The average molecular weight is 458 g/mol. The van der Waals surface area contributed by atoms with Crippen LogP contribution in [0.1, 0.15) is 0 Å². The highest BCUT2D eigenvalue weighted by Gasteiger charge is 2.32. The van der Waals surface area contributed by atoms with E-state index in [1.54, 1.807) is 18.2 Å². The predicted octanol–water partition coefficient (Wildman–Crippen LogP) is 2.84. The maximum Gasteiger partial charge on any atom is 0.346 e. The number of aliphatic carboxylic acids is 1. The second kappa shape index (κ2) is 6.87. The van der Waals surface area contributed by atoms with Crippen molar-refractivity contribution in [3.05, 3.63) is 52.9 Å². The minimum atomic E-state index is -4.34. The van der Waals surface area contributed by atoms with Crippen molar-refractivity contribution in [1.29, 1.82) is 0 Å². The van der Waals surface area contributed by atoms with E-state index in [1.807, 2.05) is 11.0 Å². The highest BCUT2D eigenvalue weighted by Crippen LogP contribution is 2.33. The van der Waals surface area contributed by atoms with Gasteiger partial charge in [-0.1, -0.05) is 0 Å². The molecule has 0 radical (unpaired) electrons. The van der Waals surface area contributed by atoms with E-state index in [4.69, 9.17) is 9.52 Å². The van der Waals surface area contributed by atoms with Crippen molar-refractivity contribution in [1.82, 2.24) is 4.98 Å². The zero-order valence-electron chi connectivity index (χ0n) is 15.7. The number of nitrogens with zero attached hydrogens (tertiary/aromatic N) is 2. The number of fused-ring (bicyclic) bond motifs is 2. The van der Waals surface area contributed by atoms with Crippen LogP contribution in [0.5, 0.6) is 0 Å². The summed E-state index contributed by atoms with van der Waals surface area (Å²) in [5, 5.41) is 10.1. The normalized spacial score (nSPS) is 14.8. The number of carboxylic acid groups (broad SMARTS) is 1. The lowest BCUT2D eigenvalue weighted by molar-refractivity contribution is -0.142. The van der Waals surface area contributed by atoms with Gasteiger partial charge in [0.25, 0.3) is 10.1 Å². The van der Waals surface area contributed by atoms with Gasteiger partial charge in [-0.2, -0.15) is 8.42 Å². The molecule has 1 fully saturated rings. The Morgan fingerprint density at radius 3 is 2.65 bits per heavy atom. The Labute approximate surface area is 178 Å². The number of hydrogen-bond acceptors (Lipinski definition) is 8. The van der Waals surface area contributed by atoms with Gasteiger partial charge in [-0.05, 0) is 36.4 Å².